The predicted octanol–water partition coefficient (Wildman–Crippen LogP) is 2.80. The predicted molar refractivity (Wildman–Crippen MR) is 158 cm³/mol. The van der Waals surface area contributed by atoms with Crippen LogP contribution in [0.15, 0.2) is 54.6 Å². The van der Waals surface area contributed by atoms with Gasteiger partial charge in [-0.2, -0.15) is 15.0 Å². The smallest absolute Gasteiger partial charge is 0.251 e. The molecular weight excluding hydrogens is 526 g/mol. The first-order valence-corrected chi connectivity index (χ1v) is 13.7. The zero-order chi connectivity index (χ0) is 29.3. The van der Waals surface area contributed by atoms with Crippen LogP contribution in [-0.2, 0) is 16.0 Å². The molecule has 0 spiro atoms. The molecule has 3 aromatic rings. The van der Waals surface area contributed by atoms with Crippen LogP contribution in [0.25, 0.3) is 0 Å². The summed E-state index contributed by atoms with van der Waals surface area (Å²) in [5.74, 6) is 1.99. The third-order valence-electron chi connectivity index (χ3n) is 6.03. The monoisotopic (exact) mass is 567 g/mol. The summed E-state index contributed by atoms with van der Waals surface area (Å²) in [7, 11) is 1.63. The van der Waals surface area contributed by atoms with E-state index in [1.165, 1.54) is 0 Å². The number of rotatable bonds is 19. The number of aliphatic hydroxyl groups excluding tert-OH is 1. The van der Waals surface area contributed by atoms with Crippen molar-refractivity contribution in [3.05, 3.63) is 65.7 Å². The molecule has 0 saturated carbocycles. The summed E-state index contributed by atoms with van der Waals surface area (Å²) in [4.78, 5) is 25.4. The van der Waals surface area contributed by atoms with Gasteiger partial charge in [-0.1, -0.05) is 44.2 Å². The van der Waals surface area contributed by atoms with Crippen LogP contribution in [0.1, 0.15) is 29.8 Å². The zero-order valence-electron chi connectivity index (χ0n) is 23.9. The number of aliphatic hydroxyl groups is 1. The fraction of sp³-hybridized carbons (Fsp3) is 0.448. The molecule has 2 aromatic carbocycles. The Hall–Kier alpha value is -4.00. The normalized spacial score (nSPS) is 11.6. The number of hydrogen-bond donors (Lipinski definition) is 5. The van der Waals surface area contributed by atoms with Crippen LogP contribution in [-0.4, -0.2) is 85.2 Å². The minimum absolute atomic E-state index is 0.0456. The van der Waals surface area contributed by atoms with Crippen LogP contribution in [0, 0.1) is 5.92 Å². The van der Waals surface area contributed by atoms with Crippen molar-refractivity contribution in [1.29, 1.82) is 0 Å². The van der Waals surface area contributed by atoms with Gasteiger partial charge in [0.15, 0.2) is 0 Å². The van der Waals surface area contributed by atoms with Crippen LogP contribution >= 0.6 is 0 Å². The molecule has 222 valence electrons. The Bertz CT molecular complexity index is 1170. The Morgan fingerprint density at radius 3 is 2.10 bits per heavy atom. The van der Waals surface area contributed by atoms with Gasteiger partial charge in [0.25, 0.3) is 5.91 Å². The number of carbonyl (C=O) groups excluding carboxylic acids is 1. The van der Waals surface area contributed by atoms with Crippen molar-refractivity contribution in [2.24, 2.45) is 5.92 Å². The van der Waals surface area contributed by atoms with E-state index in [2.05, 4.69) is 36.2 Å². The molecule has 0 aliphatic heterocycles. The summed E-state index contributed by atoms with van der Waals surface area (Å²) in [6.45, 7) is 7.04. The van der Waals surface area contributed by atoms with Gasteiger partial charge >= 0.3 is 0 Å². The Kier molecular flexibility index (Phi) is 13.6. The lowest BCUT2D eigenvalue weighted by atomic mass is 10.1. The van der Waals surface area contributed by atoms with E-state index in [1.807, 2.05) is 56.3 Å². The average molecular weight is 568 g/mol. The SMILES string of the molecule is COc1ccc(CNc2nc(NCCOCCOCCNC(=O)c3ccccc3)nc(N[C@@H](CO)C(C)C)n2)cc1. The minimum atomic E-state index is -0.199. The van der Waals surface area contributed by atoms with Crippen molar-refractivity contribution in [2.75, 3.05) is 69.2 Å². The van der Waals surface area contributed by atoms with Gasteiger partial charge in [-0.15, -0.1) is 0 Å². The first-order valence-electron chi connectivity index (χ1n) is 13.7. The van der Waals surface area contributed by atoms with Gasteiger partial charge in [-0.25, -0.2) is 0 Å². The zero-order valence-corrected chi connectivity index (χ0v) is 23.9. The summed E-state index contributed by atoms with van der Waals surface area (Å²) >= 11 is 0. The number of aromatic nitrogens is 3. The maximum absolute atomic E-state index is 12.0. The number of hydrogen-bond acceptors (Lipinski definition) is 11. The third-order valence-corrected chi connectivity index (χ3v) is 6.03. The van der Waals surface area contributed by atoms with E-state index in [0.717, 1.165) is 11.3 Å². The molecule has 41 heavy (non-hydrogen) atoms. The maximum Gasteiger partial charge on any atom is 0.251 e. The highest BCUT2D eigenvalue weighted by molar-refractivity contribution is 5.94. The van der Waals surface area contributed by atoms with Gasteiger partial charge in [-0.3, -0.25) is 4.79 Å². The average Bonchev–Trinajstić information content (AvgIpc) is 3.00. The molecule has 0 aliphatic rings. The highest BCUT2D eigenvalue weighted by Gasteiger charge is 2.15. The number of benzene rings is 2. The molecule has 0 unspecified atom stereocenters. The van der Waals surface area contributed by atoms with Crippen LogP contribution in [0.5, 0.6) is 5.75 Å². The molecule has 5 N–H and O–H groups in total. The van der Waals surface area contributed by atoms with Crippen molar-refractivity contribution in [3.63, 3.8) is 0 Å². The summed E-state index contributed by atoms with van der Waals surface area (Å²) < 4.78 is 16.4. The molecule has 1 atom stereocenters. The summed E-state index contributed by atoms with van der Waals surface area (Å²) in [6.07, 6.45) is 0. The molecule has 1 heterocycles. The lowest BCUT2D eigenvalue weighted by Gasteiger charge is -2.20. The van der Waals surface area contributed by atoms with Crippen molar-refractivity contribution >= 4 is 23.8 Å². The number of carbonyl (C=O) groups is 1. The molecule has 0 bridgehead atoms. The number of nitrogens with one attached hydrogen (secondary N) is 4. The summed E-state index contributed by atoms with van der Waals surface area (Å²) in [5.41, 5.74) is 1.66. The molecule has 1 aromatic heterocycles. The van der Waals surface area contributed by atoms with E-state index < -0.39 is 0 Å². The van der Waals surface area contributed by atoms with Crippen LogP contribution in [0.2, 0.25) is 0 Å². The second-order valence-corrected chi connectivity index (χ2v) is 9.46. The van der Waals surface area contributed by atoms with Gasteiger partial charge in [0.05, 0.1) is 46.2 Å². The van der Waals surface area contributed by atoms with E-state index in [4.69, 9.17) is 14.2 Å². The van der Waals surface area contributed by atoms with Gasteiger partial charge < -0.3 is 40.6 Å². The standard InChI is InChI=1S/C29H41N7O5/c1-21(2)25(20-37)33-29-35-27(34-28(36-29)32-19-22-9-11-24(39-3)12-10-22)31-14-16-41-18-17-40-15-13-30-26(38)23-7-5-4-6-8-23/h4-12,21,25,37H,13-20H2,1-3H3,(H,30,38)(H3,31,32,33,34,35,36)/t25-/m0/s1. The molecule has 0 saturated heterocycles. The Labute approximate surface area is 241 Å². The lowest BCUT2D eigenvalue weighted by Crippen LogP contribution is -2.30. The topological polar surface area (TPSA) is 152 Å². The number of amides is 1. The van der Waals surface area contributed by atoms with E-state index in [9.17, 15) is 9.90 Å². The lowest BCUT2D eigenvalue weighted by molar-refractivity contribution is 0.0519. The molecule has 12 nitrogen and oxygen atoms in total. The Morgan fingerprint density at radius 1 is 0.829 bits per heavy atom. The summed E-state index contributed by atoms with van der Waals surface area (Å²) in [6, 6.07) is 16.6. The molecule has 0 aliphatic carbocycles. The molecule has 3 rings (SSSR count). The van der Waals surface area contributed by atoms with Gasteiger partial charge in [0.1, 0.15) is 5.75 Å². The van der Waals surface area contributed by atoms with Gasteiger partial charge in [0.2, 0.25) is 17.8 Å². The first-order chi connectivity index (χ1) is 20.0. The number of nitrogens with zero attached hydrogens (tertiary/aromatic N) is 3. The number of anilines is 3. The Morgan fingerprint density at radius 2 is 1.46 bits per heavy atom. The highest BCUT2D eigenvalue weighted by Crippen LogP contribution is 2.15. The Balaban J connectivity index is 1.40. The fourth-order valence-corrected chi connectivity index (χ4v) is 3.60. The van der Waals surface area contributed by atoms with Crippen molar-refractivity contribution in [1.82, 2.24) is 20.3 Å². The molecule has 0 radical (unpaired) electrons. The van der Waals surface area contributed by atoms with Gasteiger partial charge in [-0.05, 0) is 35.7 Å². The largest absolute Gasteiger partial charge is 0.497 e. The second kappa shape index (κ2) is 17.6. The fourth-order valence-electron chi connectivity index (χ4n) is 3.60. The van der Waals surface area contributed by atoms with Crippen LogP contribution < -0.4 is 26.0 Å². The van der Waals surface area contributed by atoms with Crippen molar-refractivity contribution in [3.8, 4) is 5.75 Å². The third kappa shape index (κ3) is 11.6. The van der Waals surface area contributed by atoms with E-state index in [-0.39, 0.29) is 24.5 Å². The van der Waals surface area contributed by atoms with E-state index >= 15 is 0 Å². The summed E-state index contributed by atoms with van der Waals surface area (Å²) in [5, 5.41) is 22.1. The minimum Gasteiger partial charge on any atom is -0.497 e. The molecule has 1 amide bonds. The van der Waals surface area contributed by atoms with Crippen molar-refractivity contribution < 1.29 is 24.1 Å². The molecular formula is C29H41N7O5. The number of ether oxygens (including phenoxy) is 3. The van der Waals surface area contributed by atoms with E-state index in [1.54, 1.807) is 19.2 Å². The maximum atomic E-state index is 12.0. The quantitative estimate of drug-likeness (QED) is 0.136. The number of methoxy groups -OCH3 is 1. The van der Waals surface area contributed by atoms with Crippen molar-refractivity contribution in [2.45, 2.75) is 26.4 Å². The highest BCUT2D eigenvalue weighted by atomic mass is 16.5. The van der Waals surface area contributed by atoms with E-state index in [0.29, 0.717) is 69.5 Å². The van der Waals surface area contributed by atoms with Crippen LogP contribution in [0.3, 0.4) is 0 Å². The molecule has 12 heteroatoms. The second-order valence-electron chi connectivity index (χ2n) is 9.46. The van der Waals surface area contributed by atoms with Crippen LogP contribution in [0.4, 0.5) is 17.8 Å². The molecule has 0 fully saturated rings. The van der Waals surface area contributed by atoms with Gasteiger partial charge in [0, 0.05) is 25.2 Å². The first kappa shape index (κ1) is 31.5.